The number of benzene rings is 1. The molecule has 0 bridgehead atoms. The van der Waals surface area contributed by atoms with E-state index in [4.69, 9.17) is 0 Å². The van der Waals surface area contributed by atoms with Crippen LogP contribution in [0, 0.1) is 6.92 Å². The number of anilines is 1. The molecule has 0 saturated heterocycles. The van der Waals surface area contributed by atoms with E-state index in [0.29, 0.717) is 5.95 Å². The topological polar surface area (TPSA) is 50.2 Å². The molecule has 2 rings (SSSR count). The first-order valence-electron chi connectivity index (χ1n) is 8.55. The monoisotopic (exact) mass is 324 g/mol. The Morgan fingerprint density at radius 1 is 1.12 bits per heavy atom. The van der Waals surface area contributed by atoms with Gasteiger partial charge in [0, 0.05) is 11.4 Å². The van der Waals surface area contributed by atoms with Crippen LogP contribution in [0.25, 0.3) is 0 Å². The summed E-state index contributed by atoms with van der Waals surface area (Å²) in [5, 5.41) is 4.44. The molecule has 0 atom stereocenters. The third-order valence-corrected chi connectivity index (χ3v) is 3.91. The molecule has 1 aromatic heterocycles. The van der Waals surface area contributed by atoms with E-state index >= 15 is 0 Å². The van der Waals surface area contributed by atoms with Gasteiger partial charge in [0.25, 0.3) is 0 Å². The summed E-state index contributed by atoms with van der Waals surface area (Å²) in [6.45, 7) is 12.8. The predicted molar refractivity (Wildman–Crippen MR) is 102 cm³/mol. The SMILES string of the molecule is CCCc1cc(C)nc(NN=C(C)c2ccc(C(C)(C)C)cc2)n1. The van der Waals surface area contributed by atoms with E-state index < -0.39 is 0 Å². The van der Waals surface area contributed by atoms with Crippen molar-refractivity contribution in [1.82, 2.24) is 9.97 Å². The van der Waals surface area contributed by atoms with E-state index in [1.165, 1.54) is 5.56 Å². The van der Waals surface area contributed by atoms with Crippen molar-refractivity contribution in [3.8, 4) is 0 Å². The maximum atomic E-state index is 4.51. The average molecular weight is 324 g/mol. The van der Waals surface area contributed by atoms with Crippen molar-refractivity contribution in [3.63, 3.8) is 0 Å². The number of nitrogens with one attached hydrogen (secondary N) is 1. The van der Waals surface area contributed by atoms with Crippen LogP contribution in [0.1, 0.15) is 63.6 Å². The second kappa shape index (κ2) is 7.56. The summed E-state index contributed by atoms with van der Waals surface area (Å²) < 4.78 is 0. The van der Waals surface area contributed by atoms with E-state index in [-0.39, 0.29) is 5.41 Å². The van der Waals surface area contributed by atoms with Gasteiger partial charge in [-0.1, -0.05) is 58.4 Å². The zero-order valence-corrected chi connectivity index (χ0v) is 15.6. The first-order valence-corrected chi connectivity index (χ1v) is 8.55. The van der Waals surface area contributed by atoms with Crippen molar-refractivity contribution in [3.05, 3.63) is 52.8 Å². The third-order valence-electron chi connectivity index (χ3n) is 3.91. The number of rotatable bonds is 5. The molecule has 2 aromatic rings. The first-order chi connectivity index (χ1) is 11.3. The highest BCUT2D eigenvalue weighted by Crippen LogP contribution is 2.22. The normalized spacial score (nSPS) is 12.3. The van der Waals surface area contributed by atoms with Crippen LogP contribution in [0.5, 0.6) is 0 Å². The van der Waals surface area contributed by atoms with Crippen molar-refractivity contribution in [2.75, 3.05) is 5.43 Å². The van der Waals surface area contributed by atoms with Crippen LogP contribution in [-0.2, 0) is 11.8 Å². The summed E-state index contributed by atoms with van der Waals surface area (Å²) in [6.07, 6.45) is 2.02. The van der Waals surface area contributed by atoms with E-state index in [2.05, 4.69) is 72.5 Å². The standard InChI is InChI=1S/C20H28N4/c1-7-8-18-13-14(2)21-19(22-18)24-23-15(3)16-9-11-17(12-10-16)20(4,5)6/h9-13H,7-8H2,1-6H3,(H,21,22,24). The van der Waals surface area contributed by atoms with Crippen LogP contribution in [0.2, 0.25) is 0 Å². The molecular weight excluding hydrogens is 296 g/mol. The Labute approximate surface area is 145 Å². The molecule has 128 valence electrons. The van der Waals surface area contributed by atoms with Gasteiger partial charge < -0.3 is 0 Å². The lowest BCUT2D eigenvalue weighted by molar-refractivity contribution is 0.590. The van der Waals surface area contributed by atoms with E-state index in [0.717, 1.165) is 35.5 Å². The first kappa shape index (κ1) is 18.1. The summed E-state index contributed by atoms with van der Waals surface area (Å²) in [7, 11) is 0. The van der Waals surface area contributed by atoms with Crippen molar-refractivity contribution in [2.24, 2.45) is 5.10 Å². The summed E-state index contributed by atoms with van der Waals surface area (Å²) >= 11 is 0. The average Bonchev–Trinajstić information content (AvgIpc) is 2.52. The Morgan fingerprint density at radius 3 is 2.38 bits per heavy atom. The summed E-state index contributed by atoms with van der Waals surface area (Å²) in [6, 6.07) is 10.6. The molecule has 1 N–H and O–H groups in total. The minimum atomic E-state index is 0.160. The molecule has 4 heteroatoms. The van der Waals surface area contributed by atoms with Crippen LogP contribution < -0.4 is 5.43 Å². The molecule has 0 spiro atoms. The molecule has 24 heavy (non-hydrogen) atoms. The Bertz CT molecular complexity index is 709. The fourth-order valence-corrected chi connectivity index (χ4v) is 2.48. The van der Waals surface area contributed by atoms with Crippen molar-refractivity contribution >= 4 is 11.7 Å². The van der Waals surface area contributed by atoms with Gasteiger partial charge in [0.15, 0.2) is 0 Å². The Kier molecular flexibility index (Phi) is 5.71. The summed E-state index contributed by atoms with van der Waals surface area (Å²) in [5.74, 6) is 0.559. The van der Waals surface area contributed by atoms with Crippen molar-refractivity contribution < 1.29 is 0 Å². The van der Waals surface area contributed by atoms with E-state index in [1.54, 1.807) is 0 Å². The van der Waals surface area contributed by atoms with Gasteiger partial charge in [0.1, 0.15) is 0 Å². The van der Waals surface area contributed by atoms with Gasteiger partial charge in [0.2, 0.25) is 5.95 Å². The molecular formula is C20H28N4. The lowest BCUT2D eigenvalue weighted by atomic mass is 9.86. The zero-order chi connectivity index (χ0) is 17.7. The van der Waals surface area contributed by atoms with Gasteiger partial charge in [-0.2, -0.15) is 5.10 Å². The molecule has 0 aliphatic rings. The van der Waals surface area contributed by atoms with Crippen LogP contribution in [0.3, 0.4) is 0 Å². The molecule has 0 saturated carbocycles. The maximum absolute atomic E-state index is 4.51. The van der Waals surface area contributed by atoms with Crippen LogP contribution >= 0.6 is 0 Å². The molecule has 4 nitrogen and oxygen atoms in total. The molecule has 1 aromatic carbocycles. The highest BCUT2D eigenvalue weighted by molar-refractivity contribution is 5.99. The maximum Gasteiger partial charge on any atom is 0.243 e. The third kappa shape index (κ3) is 4.88. The van der Waals surface area contributed by atoms with Crippen molar-refractivity contribution in [1.29, 1.82) is 0 Å². The minimum absolute atomic E-state index is 0.160. The molecule has 0 fully saturated rings. The fourth-order valence-electron chi connectivity index (χ4n) is 2.48. The number of hydrazone groups is 1. The number of hydrogen-bond donors (Lipinski definition) is 1. The van der Waals surface area contributed by atoms with Gasteiger partial charge >= 0.3 is 0 Å². The quantitative estimate of drug-likeness (QED) is 0.630. The highest BCUT2D eigenvalue weighted by Gasteiger charge is 2.13. The fraction of sp³-hybridized carbons (Fsp3) is 0.450. The highest BCUT2D eigenvalue weighted by atomic mass is 15.4. The Hall–Kier alpha value is -2.23. The minimum Gasteiger partial charge on any atom is -0.245 e. The molecule has 1 heterocycles. The molecule has 0 amide bonds. The number of aryl methyl sites for hydroxylation is 2. The lowest BCUT2D eigenvalue weighted by Gasteiger charge is -2.19. The van der Waals surface area contributed by atoms with Gasteiger partial charge in [-0.3, -0.25) is 0 Å². The van der Waals surface area contributed by atoms with Gasteiger partial charge in [-0.15, -0.1) is 0 Å². The van der Waals surface area contributed by atoms with Crippen LogP contribution in [-0.4, -0.2) is 15.7 Å². The van der Waals surface area contributed by atoms with Crippen LogP contribution in [0.15, 0.2) is 35.4 Å². The molecule has 0 unspecified atom stereocenters. The summed E-state index contributed by atoms with van der Waals surface area (Å²) in [4.78, 5) is 8.90. The largest absolute Gasteiger partial charge is 0.245 e. The smallest absolute Gasteiger partial charge is 0.243 e. The predicted octanol–water partition coefficient (Wildman–Crippen LogP) is 4.87. The summed E-state index contributed by atoms with van der Waals surface area (Å²) in [5.41, 5.74) is 8.49. The van der Waals surface area contributed by atoms with Crippen LogP contribution in [0.4, 0.5) is 5.95 Å². The van der Waals surface area contributed by atoms with Crippen molar-refractivity contribution in [2.45, 2.75) is 59.8 Å². The Morgan fingerprint density at radius 2 is 1.79 bits per heavy atom. The van der Waals surface area contributed by atoms with E-state index in [1.807, 2.05) is 19.9 Å². The van der Waals surface area contributed by atoms with E-state index in [9.17, 15) is 0 Å². The Balaban J connectivity index is 2.14. The van der Waals surface area contributed by atoms with Gasteiger partial charge in [0.05, 0.1) is 5.71 Å². The van der Waals surface area contributed by atoms with Gasteiger partial charge in [-0.05, 0) is 42.9 Å². The zero-order valence-electron chi connectivity index (χ0n) is 15.6. The molecule has 0 aliphatic carbocycles. The van der Waals surface area contributed by atoms with Gasteiger partial charge in [-0.25, -0.2) is 15.4 Å². The second-order valence-electron chi connectivity index (χ2n) is 7.21. The molecule has 0 aliphatic heterocycles. The second-order valence-corrected chi connectivity index (χ2v) is 7.21. The molecule has 0 radical (unpaired) electrons. The lowest BCUT2D eigenvalue weighted by Crippen LogP contribution is -2.11. The number of aromatic nitrogens is 2. The number of hydrogen-bond acceptors (Lipinski definition) is 4. The number of nitrogens with zero attached hydrogens (tertiary/aromatic N) is 3.